The number of hydrogen-bond donors (Lipinski definition) is 1. The third-order valence-electron chi connectivity index (χ3n) is 4.12. The molecule has 0 spiro atoms. The van der Waals surface area contributed by atoms with Crippen molar-refractivity contribution in [1.82, 2.24) is 14.9 Å². The van der Waals surface area contributed by atoms with E-state index in [4.69, 9.17) is 4.74 Å². The number of nitrogens with zero attached hydrogens (tertiary/aromatic N) is 2. The number of methoxy groups -OCH3 is 1. The second-order valence-corrected chi connectivity index (χ2v) is 6.80. The highest BCUT2D eigenvalue weighted by atomic mass is 32.2. The summed E-state index contributed by atoms with van der Waals surface area (Å²) < 4.78 is 7.46. The summed E-state index contributed by atoms with van der Waals surface area (Å²) in [5, 5.41) is 1.91. The molecule has 1 aliphatic heterocycles. The highest BCUT2D eigenvalue weighted by Crippen LogP contribution is 2.27. The molecule has 26 heavy (non-hydrogen) atoms. The maximum Gasteiger partial charge on any atom is 0.290 e. The molecular weight excluding hydrogens is 350 g/mol. The fraction of sp³-hybridized carbons (Fsp3) is 0.105. The van der Waals surface area contributed by atoms with Gasteiger partial charge >= 0.3 is 0 Å². The number of hydrogen-bond acceptors (Lipinski definition) is 5. The van der Waals surface area contributed by atoms with Crippen LogP contribution in [0.5, 0.6) is 5.75 Å². The van der Waals surface area contributed by atoms with Gasteiger partial charge in [-0.1, -0.05) is 24.3 Å². The third-order valence-corrected chi connectivity index (χ3v) is 4.93. The smallest absolute Gasteiger partial charge is 0.290 e. The van der Waals surface area contributed by atoms with Crippen LogP contribution in [0.2, 0.25) is 0 Å². The molecule has 2 aromatic carbocycles. The average Bonchev–Trinajstić information content (AvgIpc) is 3.18. The highest BCUT2D eigenvalue weighted by molar-refractivity contribution is 8.18. The Kier molecular flexibility index (Phi) is 4.22. The standard InChI is InChI=1S/C19H15N3O3S/c1-25-16-5-3-2-4-13(16)10-22-11-20-14-8-12(6-7-15(14)22)9-17-18(23)21-19(24)26-17/h2-9,11H,10H2,1H3,(H,21,23,24)/b17-9-. The Morgan fingerprint density at radius 2 is 2.08 bits per heavy atom. The van der Waals surface area contributed by atoms with E-state index >= 15 is 0 Å². The first-order valence-corrected chi connectivity index (χ1v) is 8.77. The van der Waals surface area contributed by atoms with Crippen molar-refractivity contribution in [3.63, 3.8) is 0 Å². The van der Waals surface area contributed by atoms with Crippen molar-refractivity contribution < 1.29 is 14.3 Å². The van der Waals surface area contributed by atoms with E-state index < -0.39 is 0 Å². The first-order valence-electron chi connectivity index (χ1n) is 7.95. The Morgan fingerprint density at radius 1 is 1.23 bits per heavy atom. The molecule has 1 aliphatic rings. The largest absolute Gasteiger partial charge is 0.496 e. The van der Waals surface area contributed by atoms with Gasteiger partial charge in [0.1, 0.15) is 5.75 Å². The van der Waals surface area contributed by atoms with E-state index in [1.807, 2.05) is 47.0 Å². The number of carbonyl (C=O) groups is 2. The number of aromatic nitrogens is 2. The molecule has 6 nitrogen and oxygen atoms in total. The van der Waals surface area contributed by atoms with Crippen LogP contribution >= 0.6 is 11.8 Å². The van der Waals surface area contributed by atoms with Crippen LogP contribution < -0.4 is 10.1 Å². The number of imidazole rings is 1. The van der Waals surface area contributed by atoms with Gasteiger partial charge in [0.2, 0.25) is 0 Å². The Labute approximate surface area is 153 Å². The zero-order valence-corrected chi connectivity index (χ0v) is 14.7. The topological polar surface area (TPSA) is 73.2 Å². The molecule has 0 bridgehead atoms. The third kappa shape index (κ3) is 3.09. The van der Waals surface area contributed by atoms with E-state index in [9.17, 15) is 9.59 Å². The lowest BCUT2D eigenvalue weighted by molar-refractivity contribution is -0.115. The van der Waals surface area contributed by atoms with Crippen molar-refractivity contribution in [2.24, 2.45) is 0 Å². The number of benzene rings is 2. The van der Waals surface area contributed by atoms with Crippen molar-refractivity contribution in [3.8, 4) is 5.75 Å². The predicted molar refractivity (Wildman–Crippen MR) is 101 cm³/mol. The molecule has 7 heteroatoms. The normalized spacial score (nSPS) is 15.7. The molecule has 0 atom stereocenters. The monoisotopic (exact) mass is 365 g/mol. The van der Waals surface area contributed by atoms with Gasteiger partial charge in [0.05, 0.1) is 35.9 Å². The zero-order valence-electron chi connectivity index (χ0n) is 13.9. The van der Waals surface area contributed by atoms with Gasteiger partial charge in [-0.05, 0) is 41.6 Å². The second-order valence-electron chi connectivity index (χ2n) is 5.78. The zero-order chi connectivity index (χ0) is 18.1. The van der Waals surface area contributed by atoms with Crippen molar-refractivity contribution in [2.75, 3.05) is 7.11 Å². The van der Waals surface area contributed by atoms with Crippen LogP contribution in [0.25, 0.3) is 17.1 Å². The molecule has 0 saturated carbocycles. The molecule has 0 aliphatic carbocycles. The van der Waals surface area contributed by atoms with Crippen LogP contribution in [0.3, 0.4) is 0 Å². The van der Waals surface area contributed by atoms with Crippen molar-refractivity contribution in [3.05, 3.63) is 64.8 Å². The minimum atomic E-state index is -0.359. The SMILES string of the molecule is COc1ccccc1Cn1cnc2cc(/C=C3\SC(=O)NC3=O)ccc21. The van der Waals surface area contributed by atoms with Crippen molar-refractivity contribution >= 4 is 40.0 Å². The number of carbonyl (C=O) groups excluding carboxylic acids is 2. The number of rotatable bonds is 4. The summed E-state index contributed by atoms with van der Waals surface area (Å²) in [4.78, 5) is 27.8. The minimum absolute atomic E-state index is 0.344. The lowest BCUT2D eigenvalue weighted by atomic mass is 10.1. The van der Waals surface area contributed by atoms with Crippen LogP contribution in [0.1, 0.15) is 11.1 Å². The molecule has 1 saturated heterocycles. The highest BCUT2D eigenvalue weighted by Gasteiger charge is 2.24. The van der Waals surface area contributed by atoms with E-state index in [0.29, 0.717) is 11.4 Å². The van der Waals surface area contributed by atoms with Gasteiger partial charge in [0.15, 0.2) is 0 Å². The van der Waals surface area contributed by atoms with E-state index in [0.717, 1.165) is 39.7 Å². The maximum atomic E-state index is 11.7. The van der Waals surface area contributed by atoms with Crippen LogP contribution in [-0.4, -0.2) is 27.8 Å². The minimum Gasteiger partial charge on any atom is -0.496 e. The lowest BCUT2D eigenvalue weighted by Gasteiger charge is -2.09. The molecule has 0 unspecified atom stereocenters. The van der Waals surface area contributed by atoms with E-state index in [1.54, 1.807) is 19.5 Å². The van der Waals surface area contributed by atoms with Crippen LogP contribution in [0.15, 0.2) is 53.7 Å². The molecule has 2 heterocycles. The number of imide groups is 1. The first-order chi connectivity index (χ1) is 12.6. The summed E-state index contributed by atoms with van der Waals surface area (Å²) in [6, 6.07) is 13.7. The van der Waals surface area contributed by atoms with Crippen molar-refractivity contribution in [2.45, 2.75) is 6.54 Å². The summed E-state index contributed by atoms with van der Waals surface area (Å²) in [5.41, 5.74) is 3.70. The number of nitrogens with one attached hydrogen (secondary N) is 1. The summed E-state index contributed by atoms with van der Waals surface area (Å²) in [6.45, 7) is 0.647. The number of fused-ring (bicyclic) bond motifs is 1. The second kappa shape index (κ2) is 6.68. The van der Waals surface area contributed by atoms with Crippen LogP contribution in [0, 0.1) is 0 Å². The summed E-state index contributed by atoms with van der Waals surface area (Å²) in [6.07, 6.45) is 3.48. The quantitative estimate of drug-likeness (QED) is 0.717. The van der Waals surface area contributed by atoms with Gasteiger partial charge < -0.3 is 9.30 Å². The van der Waals surface area contributed by atoms with E-state index in [1.165, 1.54) is 0 Å². The van der Waals surface area contributed by atoms with Gasteiger partial charge in [0, 0.05) is 5.56 Å². The maximum absolute atomic E-state index is 11.7. The van der Waals surface area contributed by atoms with E-state index in [-0.39, 0.29) is 11.1 Å². The molecule has 0 radical (unpaired) electrons. The molecule has 3 aromatic rings. The lowest BCUT2D eigenvalue weighted by Crippen LogP contribution is -2.17. The fourth-order valence-corrected chi connectivity index (χ4v) is 3.57. The van der Waals surface area contributed by atoms with Gasteiger partial charge in [-0.25, -0.2) is 4.98 Å². The molecule has 4 rings (SSSR count). The van der Waals surface area contributed by atoms with Gasteiger partial charge in [-0.15, -0.1) is 0 Å². The van der Waals surface area contributed by atoms with Gasteiger partial charge in [-0.2, -0.15) is 0 Å². The first kappa shape index (κ1) is 16.4. The summed E-state index contributed by atoms with van der Waals surface area (Å²) in [5.74, 6) is 0.478. The number of thioether (sulfide) groups is 1. The van der Waals surface area contributed by atoms with Gasteiger partial charge in [0.25, 0.3) is 11.1 Å². The van der Waals surface area contributed by atoms with Crippen LogP contribution in [-0.2, 0) is 11.3 Å². The number of ether oxygens (including phenoxy) is 1. The van der Waals surface area contributed by atoms with Crippen molar-refractivity contribution in [1.29, 1.82) is 0 Å². The molecule has 2 amide bonds. The Morgan fingerprint density at radius 3 is 2.85 bits per heavy atom. The summed E-state index contributed by atoms with van der Waals surface area (Å²) in [7, 11) is 1.66. The Bertz CT molecular complexity index is 1060. The number of para-hydroxylation sites is 1. The molecule has 1 fully saturated rings. The molecule has 1 N–H and O–H groups in total. The van der Waals surface area contributed by atoms with Crippen LogP contribution in [0.4, 0.5) is 4.79 Å². The fourth-order valence-electron chi connectivity index (χ4n) is 2.89. The molecule has 130 valence electrons. The van der Waals surface area contributed by atoms with Gasteiger partial charge in [-0.3, -0.25) is 14.9 Å². The molecular formula is C19H15N3O3S. The summed E-state index contributed by atoms with van der Waals surface area (Å²) >= 11 is 0.907. The average molecular weight is 365 g/mol. The molecule has 1 aromatic heterocycles. The Balaban J connectivity index is 1.65. The predicted octanol–water partition coefficient (Wildman–Crippen LogP) is 3.42. The number of amides is 2. The Hall–Kier alpha value is -3.06. The van der Waals surface area contributed by atoms with E-state index in [2.05, 4.69) is 10.3 Å².